The van der Waals surface area contributed by atoms with Gasteiger partial charge in [-0.1, -0.05) is 12.1 Å². The lowest BCUT2D eigenvalue weighted by Crippen LogP contribution is -2.45. The van der Waals surface area contributed by atoms with Crippen molar-refractivity contribution in [3.8, 4) is 0 Å². The van der Waals surface area contributed by atoms with E-state index in [1.54, 1.807) is 23.5 Å². The van der Waals surface area contributed by atoms with Crippen molar-refractivity contribution in [2.75, 3.05) is 13.1 Å². The van der Waals surface area contributed by atoms with E-state index in [0.29, 0.717) is 19.0 Å². The van der Waals surface area contributed by atoms with E-state index in [2.05, 4.69) is 27.0 Å². The molecule has 6 nitrogen and oxygen atoms in total. The molecule has 1 fully saturated rings. The minimum absolute atomic E-state index is 0.0262. The summed E-state index contributed by atoms with van der Waals surface area (Å²) in [4.78, 5) is 14.9. The van der Waals surface area contributed by atoms with Gasteiger partial charge in [0.25, 0.3) is 0 Å². The van der Waals surface area contributed by atoms with E-state index in [4.69, 9.17) is 5.14 Å². The monoisotopic (exact) mass is 407 g/mol. The number of benzene rings is 1. The molecule has 8 heteroatoms. The van der Waals surface area contributed by atoms with E-state index in [0.717, 1.165) is 24.9 Å². The standard InChI is InChI=1S/C19H25N3O3S2/c1-14(22-11-2-3-18(22)16-9-12-26-13-16)19(23)21-10-8-15-4-6-17(7-5-15)27(20,24)25/h4-7,9,12-14,18H,2-3,8,10-11H2,1H3,(H,21,23)(H2,20,24,25)/t14-,18+/m0/s1. The molecule has 27 heavy (non-hydrogen) atoms. The Balaban J connectivity index is 1.51. The first-order valence-corrected chi connectivity index (χ1v) is 11.5. The van der Waals surface area contributed by atoms with Crippen LogP contribution in [0.2, 0.25) is 0 Å². The second-order valence-electron chi connectivity index (χ2n) is 6.86. The van der Waals surface area contributed by atoms with E-state index in [9.17, 15) is 13.2 Å². The molecule has 2 aromatic rings. The summed E-state index contributed by atoms with van der Waals surface area (Å²) in [6.45, 7) is 3.40. The fourth-order valence-electron chi connectivity index (χ4n) is 3.55. The van der Waals surface area contributed by atoms with E-state index in [-0.39, 0.29) is 16.8 Å². The number of nitrogens with two attached hydrogens (primary N) is 1. The predicted octanol–water partition coefficient (Wildman–Crippen LogP) is 2.28. The maximum atomic E-state index is 12.6. The number of nitrogens with zero attached hydrogens (tertiary/aromatic N) is 1. The van der Waals surface area contributed by atoms with Crippen molar-refractivity contribution in [2.24, 2.45) is 5.14 Å². The molecule has 1 aromatic carbocycles. The first-order valence-electron chi connectivity index (χ1n) is 9.03. The summed E-state index contributed by atoms with van der Waals surface area (Å²) in [5.41, 5.74) is 2.25. The van der Waals surface area contributed by atoms with Gasteiger partial charge in [-0.05, 0) is 72.8 Å². The van der Waals surface area contributed by atoms with Crippen molar-refractivity contribution in [1.29, 1.82) is 0 Å². The third kappa shape index (κ3) is 4.95. The van der Waals surface area contributed by atoms with Gasteiger partial charge >= 0.3 is 0 Å². The van der Waals surface area contributed by atoms with Gasteiger partial charge in [-0.25, -0.2) is 13.6 Å². The van der Waals surface area contributed by atoms with Gasteiger partial charge in [-0.15, -0.1) is 0 Å². The predicted molar refractivity (Wildman–Crippen MR) is 107 cm³/mol. The summed E-state index contributed by atoms with van der Waals surface area (Å²) >= 11 is 1.69. The first kappa shape index (κ1) is 20.0. The molecule has 3 N–H and O–H groups in total. The Morgan fingerprint density at radius 1 is 1.33 bits per heavy atom. The van der Waals surface area contributed by atoms with Gasteiger partial charge in [-0.3, -0.25) is 9.69 Å². The maximum Gasteiger partial charge on any atom is 0.238 e. The smallest absolute Gasteiger partial charge is 0.238 e. The quantitative estimate of drug-likeness (QED) is 0.736. The molecule has 1 amide bonds. The van der Waals surface area contributed by atoms with Crippen LogP contribution in [0.25, 0.3) is 0 Å². The number of primary sulfonamides is 1. The largest absolute Gasteiger partial charge is 0.354 e. The van der Waals surface area contributed by atoms with Gasteiger partial charge in [0.1, 0.15) is 0 Å². The number of sulfonamides is 1. The van der Waals surface area contributed by atoms with Crippen LogP contribution in [0.5, 0.6) is 0 Å². The van der Waals surface area contributed by atoms with Crippen LogP contribution in [0, 0.1) is 0 Å². The Labute approximate surface area is 164 Å². The Morgan fingerprint density at radius 3 is 2.70 bits per heavy atom. The zero-order valence-corrected chi connectivity index (χ0v) is 16.9. The molecular weight excluding hydrogens is 382 g/mol. The number of thiophene rings is 1. The fourth-order valence-corrected chi connectivity index (χ4v) is 4.77. The number of likely N-dealkylation sites (tertiary alicyclic amines) is 1. The Morgan fingerprint density at radius 2 is 2.07 bits per heavy atom. The fraction of sp³-hybridized carbons (Fsp3) is 0.421. The average Bonchev–Trinajstić information content (AvgIpc) is 3.31. The van der Waals surface area contributed by atoms with Crippen molar-refractivity contribution in [2.45, 2.75) is 43.2 Å². The lowest BCUT2D eigenvalue weighted by molar-refractivity contribution is -0.126. The number of carbonyl (C=O) groups is 1. The Hall–Kier alpha value is -1.74. The molecule has 1 aliphatic heterocycles. The molecule has 1 saturated heterocycles. The molecule has 0 bridgehead atoms. The second-order valence-corrected chi connectivity index (χ2v) is 9.20. The number of amides is 1. The molecule has 146 valence electrons. The first-order chi connectivity index (χ1) is 12.9. The molecule has 2 atom stereocenters. The van der Waals surface area contributed by atoms with Crippen molar-refractivity contribution < 1.29 is 13.2 Å². The van der Waals surface area contributed by atoms with Crippen LogP contribution in [-0.2, 0) is 21.2 Å². The van der Waals surface area contributed by atoms with Gasteiger partial charge < -0.3 is 5.32 Å². The highest BCUT2D eigenvalue weighted by Crippen LogP contribution is 2.34. The summed E-state index contributed by atoms with van der Waals surface area (Å²) < 4.78 is 22.6. The summed E-state index contributed by atoms with van der Waals surface area (Å²) in [6, 6.07) is 8.72. The van der Waals surface area contributed by atoms with Gasteiger partial charge in [-0.2, -0.15) is 11.3 Å². The number of hydrogen-bond donors (Lipinski definition) is 2. The third-order valence-corrected chi connectivity index (χ3v) is 6.69. The zero-order chi connectivity index (χ0) is 19.4. The summed E-state index contributed by atoms with van der Waals surface area (Å²) in [7, 11) is -3.67. The Bertz CT molecular complexity index is 864. The lowest BCUT2D eigenvalue weighted by atomic mass is 10.1. The molecule has 0 saturated carbocycles. The van der Waals surface area contributed by atoms with E-state index >= 15 is 0 Å². The van der Waals surface area contributed by atoms with Crippen molar-refractivity contribution in [3.63, 3.8) is 0 Å². The van der Waals surface area contributed by atoms with Crippen molar-refractivity contribution >= 4 is 27.3 Å². The zero-order valence-electron chi connectivity index (χ0n) is 15.3. The van der Waals surface area contributed by atoms with Gasteiger partial charge in [0, 0.05) is 12.6 Å². The topological polar surface area (TPSA) is 92.5 Å². The lowest BCUT2D eigenvalue weighted by Gasteiger charge is -2.29. The Kier molecular flexibility index (Phi) is 6.31. The number of carbonyl (C=O) groups excluding carboxylic acids is 1. The average molecular weight is 408 g/mol. The van der Waals surface area contributed by atoms with Crippen LogP contribution in [0.4, 0.5) is 0 Å². The third-order valence-electron chi connectivity index (χ3n) is 5.06. The summed E-state index contributed by atoms with van der Waals surface area (Å²) in [5.74, 6) is 0.0262. The highest BCUT2D eigenvalue weighted by Gasteiger charge is 2.32. The molecule has 1 aromatic heterocycles. The van der Waals surface area contributed by atoms with Crippen LogP contribution < -0.4 is 10.5 Å². The van der Waals surface area contributed by atoms with E-state index in [1.165, 1.54) is 17.7 Å². The number of nitrogens with one attached hydrogen (secondary N) is 1. The molecule has 3 rings (SSSR count). The molecule has 0 spiro atoms. The van der Waals surface area contributed by atoms with Crippen LogP contribution in [0.3, 0.4) is 0 Å². The summed E-state index contributed by atoms with van der Waals surface area (Å²) in [6.07, 6.45) is 2.83. The molecule has 1 aliphatic rings. The number of rotatable bonds is 7. The van der Waals surface area contributed by atoms with Crippen molar-refractivity contribution in [1.82, 2.24) is 10.2 Å². The SMILES string of the molecule is C[C@@H](C(=O)NCCc1ccc(S(N)(=O)=O)cc1)N1CCC[C@@H]1c1ccsc1. The highest BCUT2D eigenvalue weighted by molar-refractivity contribution is 7.89. The minimum atomic E-state index is -3.67. The molecule has 0 radical (unpaired) electrons. The maximum absolute atomic E-state index is 12.6. The van der Waals surface area contributed by atoms with Crippen LogP contribution in [0.15, 0.2) is 46.0 Å². The molecule has 2 heterocycles. The normalized spacial score (nSPS) is 19.1. The summed E-state index contributed by atoms with van der Waals surface area (Å²) in [5, 5.41) is 12.3. The van der Waals surface area contributed by atoms with E-state index < -0.39 is 10.0 Å². The van der Waals surface area contributed by atoms with Crippen molar-refractivity contribution in [3.05, 3.63) is 52.2 Å². The number of hydrogen-bond acceptors (Lipinski definition) is 5. The van der Waals surface area contributed by atoms with Gasteiger partial charge in [0.2, 0.25) is 15.9 Å². The molecule has 0 unspecified atom stereocenters. The highest BCUT2D eigenvalue weighted by atomic mass is 32.2. The second kappa shape index (κ2) is 8.52. The minimum Gasteiger partial charge on any atom is -0.354 e. The van der Waals surface area contributed by atoms with E-state index in [1.807, 2.05) is 6.92 Å². The van der Waals surface area contributed by atoms with Gasteiger partial charge in [0.15, 0.2) is 0 Å². The molecular formula is C19H25N3O3S2. The van der Waals surface area contributed by atoms with Crippen LogP contribution in [-0.4, -0.2) is 38.4 Å². The van der Waals surface area contributed by atoms with Gasteiger partial charge in [0.05, 0.1) is 10.9 Å². The van der Waals surface area contributed by atoms with Crippen LogP contribution in [0.1, 0.15) is 36.9 Å². The molecule has 0 aliphatic carbocycles. The van der Waals surface area contributed by atoms with Crippen LogP contribution >= 0.6 is 11.3 Å².